The molecule has 1 aliphatic heterocycles. The van der Waals surface area contributed by atoms with Crippen molar-refractivity contribution in [3.8, 4) is 0 Å². The number of hydrogen-bond acceptors (Lipinski definition) is 6. The van der Waals surface area contributed by atoms with Crippen molar-refractivity contribution in [1.82, 2.24) is 10.6 Å². The van der Waals surface area contributed by atoms with E-state index >= 15 is 0 Å². The lowest BCUT2D eigenvalue weighted by Crippen LogP contribution is -2.51. The van der Waals surface area contributed by atoms with Gasteiger partial charge in [-0.2, -0.15) is 0 Å². The maximum absolute atomic E-state index is 12.3. The second-order valence-electron chi connectivity index (χ2n) is 6.31. The zero-order valence-corrected chi connectivity index (χ0v) is 17.2. The van der Waals surface area contributed by atoms with E-state index in [1.165, 1.54) is 17.3 Å². The van der Waals surface area contributed by atoms with Crippen LogP contribution in [0.25, 0.3) is 0 Å². The van der Waals surface area contributed by atoms with Crippen LogP contribution in [0.4, 0.5) is 4.79 Å². The lowest BCUT2D eigenvalue weighted by molar-refractivity contribution is -0.141. The number of rotatable bonds is 9. The van der Waals surface area contributed by atoms with Crippen molar-refractivity contribution >= 4 is 29.7 Å². The molecule has 1 atom stereocenters. The maximum atomic E-state index is 12.3. The minimum absolute atomic E-state index is 0.179. The van der Waals surface area contributed by atoms with E-state index in [1.54, 1.807) is 6.92 Å². The van der Waals surface area contributed by atoms with Crippen LogP contribution < -0.4 is 10.6 Å². The quantitative estimate of drug-likeness (QED) is 0.613. The van der Waals surface area contributed by atoms with E-state index in [-0.39, 0.29) is 24.7 Å². The van der Waals surface area contributed by atoms with Crippen LogP contribution in [-0.4, -0.2) is 43.0 Å². The van der Waals surface area contributed by atoms with Crippen molar-refractivity contribution in [1.29, 1.82) is 0 Å². The molecule has 1 aromatic carbocycles. The first kappa shape index (κ1) is 21.8. The summed E-state index contributed by atoms with van der Waals surface area (Å²) in [6.07, 6.45) is 0.519. The van der Waals surface area contributed by atoms with Crippen LogP contribution in [0.2, 0.25) is 0 Å². The molecule has 2 amide bonds. The molecule has 2 rings (SSSR count). The van der Waals surface area contributed by atoms with Gasteiger partial charge in [0.05, 0.1) is 29.7 Å². The number of nitrogens with one attached hydrogen (secondary N) is 2. The van der Waals surface area contributed by atoms with Gasteiger partial charge in [0.2, 0.25) is 0 Å². The van der Waals surface area contributed by atoms with E-state index in [4.69, 9.17) is 9.47 Å². The molecule has 152 valence electrons. The van der Waals surface area contributed by atoms with Gasteiger partial charge in [-0.1, -0.05) is 36.8 Å². The summed E-state index contributed by atoms with van der Waals surface area (Å²) in [6.45, 7) is 5.62. The largest absolute Gasteiger partial charge is 0.463 e. The topological polar surface area (TPSA) is 93.7 Å². The third kappa shape index (κ3) is 6.30. The number of hydrogen-bond donors (Lipinski definition) is 2. The molecule has 7 nitrogen and oxygen atoms in total. The number of ether oxygens (including phenoxy) is 2. The average molecular weight is 407 g/mol. The first-order chi connectivity index (χ1) is 13.4. The number of esters is 2. The van der Waals surface area contributed by atoms with Gasteiger partial charge in [0, 0.05) is 5.75 Å². The van der Waals surface area contributed by atoms with E-state index in [1.807, 2.05) is 38.1 Å². The second-order valence-corrected chi connectivity index (χ2v) is 7.30. The molecule has 0 unspecified atom stereocenters. The van der Waals surface area contributed by atoms with Crippen LogP contribution in [0.15, 0.2) is 35.5 Å². The van der Waals surface area contributed by atoms with Gasteiger partial charge in [0.1, 0.15) is 6.61 Å². The molecule has 1 aliphatic rings. The highest BCUT2D eigenvalue weighted by Gasteiger charge is 2.31. The summed E-state index contributed by atoms with van der Waals surface area (Å²) in [5.41, 5.74) is 2.88. The number of aryl methyl sites for hydroxylation is 1. The predicted molar refractivity (Wildman–Crippen MR) is 108 cm³/mol. The molecular formula is C20H26N2O5S. The Kier molecular flexibility index (Phi) is 8.38. The molecular weight excluding hydrogens is 380 g/mol. The molecule has 0 aromatic heterocycles. The fourth-order valence-corrected chi connectivity index (χ4v) is 3.49. The van der Waals surface area contributed by atoms with Crippen LogP contribution in [0.1, 0.15) is 31.4 Å². The Morgan fingerprint density at radius 3 is 2.50 bits per heavy atom. The molecule has 1 heterocycles. The zero-order chi connectivity index (χ0) is 20.5. The summed E-state index contributed by atoms with van der Waals surface area (Å²) < 4.78 is 10.3. The van der Waals surface area contributed by atoms with Gasteiger partial charge in [-0.3, -0.25) is 4.79 Å². The first-order valence-corrected chi connectivity index (χ1v) is 10.4. The predicted octanol–water partition coefficient (Wildman–Crippen LogP) is 2.68. The summed E-state index contributed by atoms with van der Waals surface area (Å²) in [7, 11) is 0. The SMILES string of the molecule is CCOC(=O)C1=C(COC(=O)CSCc2ccc(C)cc2)NC(=O)N[C@H]1CC. The Balaban J connectivity index is 1.92. The van der Waals surface area contributed by atoms with Gasteiger partial charge < -0.3 is 20.1 Å². The number of amides is 2. The van der Waals surface area contributed by atoms with Crippen molar-refractivity contribution in [3.63, 3.8) is 0 Å². The number of carbonyl (C=O) groups is 3. The third-order valence-electron chi connectivity index (χ3n) is 4.13. The van der Waals surface area contributed by atoms with Gasteiger partial charge in [0.25, 0.3) is 0 Å². The van der Waals surface area contributed by atoms with Gasteiger partial charge in [0.15, 0.2) is 0 Å². The molecule has 0 saturated carbocycles. The fourth-order valence-electron chi connectivity index (χ4n) is 2.71. The van der Waals surface area contributed by atoms with Crippen LogP contribution in [0.5, 0.6) is 0 Å². The van der Waals surface area contributed by atoms with Crippen molar-refractivity contribution < 1.29 is 23.9 Å². The Morgan fingerprint density at radius 1 is 1.14 bits per heavy atom. The summed E-state index contributed by atoms with van der Waals surface area (Å²) in [5, 5.41) is 5.23. The van der Waals surface area contributed by atoms with Crippen LogP contribution >= 0.6 is 11.8 Å². The van der Waals surface area contributed by atoms with Crippen molar-refractivity contribution in [2.45, 2.75) is 39.0 Å². The van der Waals surface area contributed by atoms with Gasteiger partial charge in [-0.05, 0) is 25.8 Å². The summed E-state index contributed by atoms with van der Waals surface area (Å²) in [5.74, 6) is -0.0559. The number of thioether (sulfide) groups is 1. The molecule has 0 aliphatic carbocycles. The summed E-state index contributed by atoms with van der Waals surface area (Å²) >= 11 is 1.45. The molecule has 0 saturated heterocycles. The average Bonchev–Trinajstić information content (AvgIpc) is 2.67. The molecule has 8 heteroatoms. The smallest absolute Gasteiger partial charge is 0.338 e. The van der Waals surface area contributed by atoms with Crippen molar-refractivity contribution in [3.05, 3.63) is 46.7 Å². The Labute approximate surface area is 169 Å². The molecule has 0 spiro atoms. The Hall–Kier alpha value is -2.48. The fraction of sp³-hybridized carbons (Fsp3) is 0.450. The van der Waals surface area contributed by atoms with Crippen LogP contribution in [-0.2, 0) is 24.8 Å². The van der Waals surface area contributed by atoms with Gasteiger partial charge in [-0.15, -0.1) is 11.8 Å². The molecule has 0 bridgehead atoms. The van der Waals surface area contributed by atoms with E-state index in [9.17, 15) is 14.4 Å². The third-order valence-corrected chi connectivity index (χ3v) is 5.11. The monoisotopic (exact) mass is 406 g/mol. The zero-order valence-electron chi connectivity index (χ0n) is 16.4. The molecule has 0 fully saturated rings. The van der Waals surface area contributed by atoms with Crippen LogP contribution in [0.3, 0.4) is 0 Å². The van der Waals surface area contributed by atoms with E-state index in [2.05, 4.69) is 10.6 Å². The molecule has 1 aromatic rings. The summed E-state index contributed by atoms with van der Waals surface area (Å²) in [6, 6.07) is 7.21. The highest BCUT2D eigenvalue weighted by atomic mass is 32.2. The minimum atomic E-state index is -0.526. The van der Waals surface area contributed by atoms with E-state index in [0.717, 1.165) is 5.56 Å². The standard InChI is InChI=1S/C20H26N2O5S/c1-4-15-18(19(24)26-5-2)16(22-20(25)21-15)10-27-17(23)12-28-11-14-8-6-13(3)7-9-14/h6-9,15H,4-5,10-12H2,1-3H3,(H2,21,22,25)/t15-/m0/s1. The van der Waals surface area contributed by atoms with Crippen LogP contribution in [0, 0.1) is 6.92 Å². The molecule has 0 radical (unpaired) electrons. The normalized spacial score (nSPS) is 16.2. The Bertz CT molecular complexity index is 745. The minimum Gasteiger partial charge on any atom is -0.463 e. The van der Waals surface area contributed by atoms with Crippen molar-refractivity contribution in [2.75, 3.05) is 19.0 Å². The maximum Gasteiger partial charge on any atom is 0.338 e. The number of urea groups is 1. The molecule has 2 N–H and O–H groups in total. The van der Waals surface area contributed by atoms with Gasteiger partial charge in [-0.25, -0.2) is 9.59 Å². The number of benzene rings is 1. The van der Waals surface area contributed by atoms with Crippen molar-refractivity contribution in [2.24, 2.45) is 0 Å². The summed E-state index contributed by atoms with van der Waals surface area (Å²) in [4.78, 5) is 36.1. The van der Waals surface area contributed by atoms with Gasteiger partial charge >= 0.3 is 18.0 Å². The Morgan fingerprint density at radius 2 is 1.86 bits per heavy atom. The van der Waals surface area contributed by atoms with E-state index in [0.29, 0.717) is 17.7 Å². The number of carbonyl (C=O) groups excluding carboxylic acids is 3. The highest BCUT2D eigenvalue weighted by Crippen LogP contribution is 2.18. The lowest BCUT2D eigenvalue weighted by atomic mass is 10.0. The van der Waals surface area contributed by atoms with E-state index < -0.39 is 24.0 Å². The molecule has 28 heavy (non-hydrogen) atoms. The first-order valence-electron chi connectivity index (χ1n) is 9.21. The highest BCUT2D eigenvalue weighted by molar-refractivity contribution is 7.99. The lowest BCUT2D eigenvalue weighted by Gasteiger charge is -2.28. The second kappa shape index (κ2) is 10.8.